The van der Waals surface area contributed by atoms with E-state index in [1.807, 2.05) is 55.5 Å². The quantitative estimate of drug-likeness (QED) is 0.772. The molecule has 110 valence electrons. The van der Waals surface area contributed by atoms with Gasteiger partial charge in [0.2, 0.25) is 0 Å². The lowest BCUT2D eigenvalue weighted by Crippen LogP contribution is -2.25. The van der Waals surface area contributed by atoms with Gasteiger partial charge in [0.25, 0.3) is 0 Å². The molecule has 0 saturated carbocycles. The Labute approximate surface area is 130 Å². The van der Waals surface area contributed by atoms with Gasteiger partial charge in [-0.25, -0.2) is 0 Å². The highest BCUT2D eigenvalue weighted by atomic mass is 32.2. The van der Waals surface area contributed by atoms with Crippen molar-refractivity contribution in [1.29, 1.82) is 0 Å². The van der Waals surface area contributed by atoms with Gasteiger partial charge in [-0.1, -0.05) is 55.5 Å². The molecule has 0 aliphatic rings. The summed E-state index contributed by atoms with van der Waals surface area (Å²) in [5, 5.41) is 9.49. The summed E-state index contributed by atoms with van der Waals surface area (Å²) in [4.78, 5) is 12.7. The van der Waals surface area contributed by atoms with Crippen LogP contribution in [0, 0.1) is 11.8 Å². The van der Waals surface area contributed by atoms with Crippen LogP contribution >= 0.6 is 11.8 Å². The molecule has 0 aliphatic heterocycles. The van der Waals surface area contributed by atoms with Gasteiger partial charge in [0.05, 0.1) is 5.92 Å². The highest BCUT2D eigenvalue weighted by Gasteiger charge is 2.25. The van der Waals surface area contributed by atoms with E-state index in [0.29, 0.717) is 6.42 Å². The summed E-state index contributed by atoms with van der Waals surface area (Å²) < 4.78 is 0. The topological polar surface area (TPSA) is 37.3 Å². The zero-order chi connectivity index (χ0) is 15.1. The first kappa shape index (κ1) is 15.6. The summed E-state index contributed by atoms with van der Waals surface area (Å²) in [5.74, 6) is -0.120. The second-order valence-electron chi connectivity index (χ2n) is 5.24. The predicted molar refractivity (Wildman–Crippen MR) is 87.6 cm³/mol. The van der Waals surface area contributed by atoms with Crippen LogP contribution in [0.5, 0.6) is 0 Å². The summed E-state index contributed by atoms with van der Waals surface area (Å²) in [6.07, 6.45) is 0.590. The van der Waals surface area contributed by atoms with Crippen molar-refractivity contribution in [3.05, 3.63) is 66.2 Å². The van der Waals surface area contributed by atoms with Crippen LogP contribution in [0.1, 0.15) is 12.5 Å². The number of thioether (sulfide) groups is 1. The first-order valence-electron chi connectivity index (χ1n) is 7.11. The number of carboxylic acids is 1. The van der Waals surface area contributed by atoms with Gasteiger partial charge in [-0.3, -0.25) is 4.79 Å². The highest BCUT2D eigenvalue weighted by molar-refractivity contribution is 7.99. The Kier molecular flexibility index (Phi) is 5.88. The normalized spacial score (nSPS) is 13.6. The molecular weight excluding hydrogens is 280 g/mol. The average molecular weight is 300 g/mol. The lowest BCUT2D eigenvalue weighted by atomic mass is 9.89. The zero-order valence-corrected chi connectivity index (χ0v) is 12.9. The Bertz CT molecular complexity index is 554. The number of rotatable bonds is 7. The molecule has 0 radical (unpaired) electrons. The standard InChI is InChI=1S/C18H20O2S/c1-14(13-21-16-10-6-3-7-11-16)17(18(19)20)12-15-8-4-2-5-9-15/h2-11,14,17H,12-13H2,1H3,(H,19,20). The van der Waals surface area contributed by atoms with Crippen molar-refractivity contribution >= 4 is 17.7 Å². The second-order valence-corrected chi connectivity index (χ2v) is 6.33. The van der Waals surface area contributed by atoms with Crippen LogP contribution in [0.15, 0.2) is 65.6 Å². The lowest BCUT2D eigenvalue weighted by Gasteiger charge is -2.20. The monoisotopic (exact) mass is 300 g/mol. The van der Waals surface area contributed by atoms with Crippen molar-refractivity contribution in [2.75, 3.05) is 5.75 Å². The average Bonchev–Trinajstić information content (AvgIpc) is 2.52. The molecule has 21 heavy (non-hydrogen) atoms. The van der Waals surface area contributed by atoms with E-state index < -0.39 is 5.97 Å². The first-order valence-corrected chi connectivity index (χ1v) is 8.10. The minimum atomic E-state index is -0.708. The van der Waals surface area contributed by atoms with Gasteiger partial charge in [0.15, 0.2) is 0 Å². The Morgan fingerprint density at radius 1 is 1.05 bits per heavy atom. The summed E-state index contributed by atoms with van der Waals surface area (Å²) in [6, 6.07) is 20.0. The second kappa shape index (κ2) is 7.89. The van der Waals surface area contributed by atoms with Gasteiger partial charge in [-0.05, 0) is 30.0 Å². The van der Waals surface area contributed by atoms with E-state index in [-0.39, 0.29) is 11.8 Å². The molecule has 0 aromatic heterocycles. The number of aliphatic carboxylic acids is 1. The maximum absolute atomic E-state index is 11.5. The molecule has 1 N–H and O–H groups in total. The van der Waals surface area contributed by atoms with E-state index in [4.69, 9.17) is 0 Å². The fraction of sp³-hybridized carbons (Fsp3) is 0.278. The number of carbonyl (C=O) groups is 1. The fourth-order valence-corrected chi connectivity index (χ4v) is 3.30. The Balaban J connectivity index is 1.96. The van der Waals surface area contributed by atoms with Gasteiger partial charge < -0.3 is 5.11 Å². The summed E-state index contributed by atoms with van der Waals surface area (Å²) in [5.41, 5.74) is 1.08. The van der Waals surface area contributed by atoms with E-state index in [1.165, 1.54) is 4.90 Å². The van der Waals surface area contributed by atoms with Crippen LogP contribution in [-0.2, 0) is 11.2 Å². The molecule has 0 saturated heterocycles. The van der Waals surface area contributed by atoms with E-state index >= 15 is 0 Å². The fourth-order valence-electron chi connectivity index (χ4n) is 2.26. The van der Waals surface area contributed by atoms with Crippen molar-refractivity contribution in [1.82, 2.24) is 0 Å². The number of carboxylic acid groups (broad SMARTS) is 1. The Morgan fingerprint density at radius 2 is 1.62 bits per heavy atom. The van der Waals surface area contributed by atoms with E-state index in [2.05, 4.69) is 12.1 Å². The van der Waals surface area contributed by atoms with E-state index in [0.717, 1.165) is 11.3 Å². The predicted octanol–water partition coefficient (Wildman–Crippen LogP) is 4.36. The highest BCUT2D eigenvalue weighted by Crippen LogP contribution is 2.26. The summed E-state index contributed by atoms with van der Waals surface area (Å²) in [6.45, 7) is 2.03. The van der Waals surface area contributed by atoms with Crippen LogP contribution in [0.3, 0.4) is 0 Å². The molecule has 0 spiro atoms. The molecule has 2 unspecified atom stereocenters. The van der Waals surface area contributed by atoms with Crippen LogP contribution in [0.2, 0.25) is 0 Å². The molecule has 0 bridgehead atoms. The van der Waals surface area contributed by atoms with Crippen LogP contribution < -0.4 is 0 Å². The molecule has 2 nitrogen and oxygen atoms in total. The van der Waals surface area contributed by atoms with Crippen LogP contribution in [0.25, 0.3) is 0 Å². The molecule has 2 aromatic rings. The van der Waals surface area contributed by atoms with E-state index in [1.54, 1.807) is 11.8 Å². The maximum Gasteiger partial charge on any atom is 0.307 e. The molecule has 2 aromatic carbocycles. The number of hydrogen-bond donors (Lipinski definition) is 1. The van der Waals surface area contributed by atoms with Gasteiger partial charge >= 0.3 is 5.97 Å². The molecule has 0 heterocycles. The molecular formula is C18H20O2S. The summed E-state index contributed by atoms with van der Waals surface area (Å²) >= 11 is 1.72. The van der Waals surface area contributed by atoms with Gasteiger partial charge in [0, 0.05) is 10.6 Å². The van der Waals surface area contributed by atoms with Gasteiger partial charge in [-0.15, -0.1) is 11.8 Å². The molecule has 2 atom stereocenters. The third kappa shape index (κ3) is 4.94. The molecule has 0 amide bonds. The molecule has 0 fully saturated rings. The van der Waals surface area contributed by atoms with Crippen LogP contribution in [0.4, 0.5) is 0 Å². The third-order valence-corrected chi connectivity index (χ3v) is 4.86. The van der Waals surface area contributed by atoms with Crippen LogP contribution in [-0.4, -0.2) is 16.8 Å². The molecule has 3 heteroatoms. The largest absolute Gasteiger partial charge is 0.481 e. The Hall–Kier alpha value is -1.74. The minimum absolute atomic E-state index is 0.118. The van der Waals surface area contributed by atoms with Crippen molar-refractivity contribution in [3.8, 4) is 0 Å². The minimum Gasteiger partial charge on any atom is -0.481 e. The van der Waals surface area contributed by atoms with Crippen molar-refractivity contribution < 1.29 is 9.90 Å². The third-order valence-electron chi connectivity index (χ3n) is 3.56. The lowest BCUT2D eigenvalue weighted by molar-refractivity contribution is -0.143. The first-order chi connectivity index (χ1) is 10.2. The van der Waals surface area contributed by atoms with Crippen molar-refractivity contribution in [2.24, 2.45) is 11.8 Å². The van der Waals surface area contributed by atoms with E-state index in [9.17, 15) is 9.90 Å². The van der Waals surface area contributed by atoms with Crippen molar-refractivity contribution in [3.63, 3.8) is 0 Å². The maximum atomic E-state index is 11.5. The number of hydrogen-bond acceptors (Lipinski definition) is 2. The zero-order valence-electron chi connectivity index (χ0n) is 12.1. The molecule has 0 aliphatic carbocycles. The van der Waals surface area contributed by atoms with Gasteiger partial charge in [0.1, 0.15) is 0 Å². The Morgan fingerprint density at radius 3 is 2.19 bits per heavy atom. The van der Waals surface area contributed by atoms with Crippen molar-refractivity contribution in [2.45, 2.75) is 18.2 Å². The SMILES string of the molecule is CC(CSc1ccccc1)C(Cc1ccccc1)C(=O)O. The summed E-state index contributed by atoms with van der Waals surface area (Å²) in [7, 11) is 0. The number of benzene rings is 2. The van der Waals surface area contributed by atoms with Gasteiger partial charge in [-0.2, -0.15) is 0 Å². The molecule has 2 rings (SSSR count). The smallest absolute Gasteiger partial charge is 0.307 e.